The number of rotatable bonds is 10. The molecule has 4 heteroatoms. The molecule has 2 aromatic carbocycles. The van der Waals surface area contributed by atoms with E-state index in [0.717, 1.165) is 26.1 Å². The summed E-state index contributed by atoms with van der Waals surface area (Å²) in [5.41, 5.74) is 2.76. The standard InChI is InChI=1S/C21H30N2.2ClH/c1-3-23(4-2)17-11-16-22-21(20-14-9-6-10-15-20)18-19-12-7-5-8-13-19;;/h5-10,12-15,21-22H,3-4,11,16-18H2,1-2H3;2*1H. The van der Waals surface area contributed by atoms with Gasteiger partial charge in [0.05, 0.1) is 0 Å². The number of hydrogen-bond acceptors (Lipinski definition) is 2. The molecule has 2 nitrogen and oxygen atoms in total. The van der Waals surface area contributed by atoms with E-state index in [2.05, 4.69) is 84.7 Å². The SMILES string of the molecule is CCN(CC)CCCNC(Cc1ccccc1)c1ccccc1.Cl.Cl. The molecule has 0 radical (unpaired) electrons. The highest BCUT2D eigenvalue weighted by Crippen LogP contribution is 2.18. The summed E-state index contributed by atoms with van der Waals surface area (Å²) in [7, 11) is 0. The molecule has 0 aromatic heterocycles. The van der Waals surface area contributed by atoms with Crippen molar-refractivity contribution < 1.29 is 0 Å². The van der Waals surface area contributed by atoms with Crippen LogP contribution in [0, 0.1) is 0 Å². The average Bonchev–Trinajstić information content (AvgIpc) is 2.62. The van der Waals surface area contributed by atoms with Gasteiger partial charge in [0.2, 0.25) is 0 Å². The molecule has 0 aliphatic carbocycles. The Hall–Kier alpha value is -1.06. The van der Waals surface area contributed by atoms with Crippen molar-refractivity contribution in [3.8, 4) is 0 Å². The maximum absolute atomic E-state index is 3.76. The van der Waals surface area contributed by atoms with Crippen molar-refractivity contribution in [1.82, 2.24) is 10.2 Å². The van der Waals surface area contributed by atoms with E-state index in [-0.39, 0.29) is 24.8 Å². The monoisotopic (exact) mass is 382 g/mol. The summed E-state index contributed by atoms with van der Waals surface area (Å²) in [4.78, 5) is 2.48. The van der Waals surface area contributed by atoms with Gasteiger partial charge in [0, 0.05) is 6.04 Å². The summed E-state index contributed by atoms with van der Waals surface area (Å²) in [6.07, 6.45) is 2.23. The van der Waals surface area contributed by atoms with Crippen molar-refractivity contribution in [2.24, 2.45) is 0 Å². The number of halogens is 2. The Morgan fingerprint density at radius 3 is 1.96 bits per heavy atom. The molecule has 0 saturated heterocycles. The fourth-order valence-electron chi connectivity index (χ4n) is 2.96. The highest BCUT2D eigenvalue weighted by molar-refractivity contribution is 5.85. The zero-order chi connectivity index (χ0) is 16.3. The van der Waals surface area contributed by atoms with Crippen LogP contribution in [0.15, 0.2) is 60.7 Å². The van der Waals surface area contributed by atoms with Gasteiger partial charge >= 0.3 is 0 Å². The second kappa shape index (κ2) is 14.1. The van der Waals surface area contributed by atoms with Gasteiger partial charge < -0.3 is 10.2 Å². The molecule has 1 N–H and O–H groups in total. The van der Waals surface area contributed by atoms with Crippen molar-refractivity contribution in [2.75, 3.05) is 26.2 Å². The van der Waals surface area contributed by atoms with Crippen molar-refractivity contribution in [3.05, 3.63) is 71.8 Å². The molecule has 1 unspecified atom stereocenters. The summed E-state index contributed by atoms with van der Waals surface area (Å²) in [6.45, 7) is 8.99. The number of nitrogens with zero attached hydrogens (tertiary/aromatic N) is 1. The lowest BCUT2D eigenvalue weighted by molar-refractivity contribution is 0.295. The summed E-state index contributed by atoms with van der Waals surface area (Å²) in [6, 6.07) is 21.9. The molecule has 0 saturated carbocycles. The third kappa shape index (κ3) is 8.73. The second-order valence-corrected chi connectivity index (χ2v) is 5.99. The van der Waals surface area contributed by atoms with Crippen LogP contribution in [0.4, 0.5) is 0 Å². The van der Waals surface area contributed by atoms with Gasteiger partial charge in [0.15, 0.2) is 0 Å². The average molecular weight is 383 g/mol. The third-order valence-electron chi connectivity index (χ3n) is 4.42. The van der Waals surface area contributed by atoms with E-state index in [9.17, 15) is 0 Å². The van der Waals surface area contributed by atoms with Gasteiger partial charge in [-0.1, -0.05) is 74.5 Å². The number of benzene rings is 2. The molecular formula is C21H32Cl2N2. The largest absolute Gasteiger partial charge is 0.310 e. The summed E-state index contributed by atoms with van der Waals surface area (Å²) in [5.74, 6) is 0. The third-order valence-corrected chi connectivity index (χ3v) is 4.42. The topological polar surface area (TPSA) is 15.3 Å². The quantitative estimate of drug-likeness (QED) is 0.572. The van der Waals surface area contributed by atoms with E-state index in [4.69, 9.17) is 0 Å². The first-order valence-electron chi connectivity index (χ1n) is 8.88. The van der Waals surface area contributed by atoms with Crippen LogP contribution in [-0.2, 0) is 6.42 Å². The van der Waals surface area contributed by atoms with Crippen molar-refractivity contribution in [1.29, 1.82) is 0 Å². The van der Waals surface area contributed by atoms with E-state index in [1.807, 2.05) is 0 Å². The normalized spacial score (nSPS) is 11.5. The fraction of sp³-hybridized carbons (Fsp3) is 0.429. The Balaban J connectivity index is 0.00000288. The maximum atomic E-state index is 3.76. The fourth-order valence-corrected chi connectivity index (χ4v) is 2.96. The van der Waals surface area contributed by atoms with Crippen LogP contribution in [0.5, 0.6) is 0 Å². The minimum Gasteiger partial charge on any atom is -0.310 e. The van der Waals surface area contributed by atoms with Gasteiger partial charge in [-0.15, -0.1) is 24.8 Å². The highest BCUT2D eigenvalue weighted by Gasteiger charge is 2.11. The Bertz CT molecular complexity index is 530. The molecular weight excluding hydrogens is 351 g/mol. The molecule has 0 spiro atoms. The summed E-state index contributed by atoms with van der Waals surface area (Å²) >= 11 is 0. The highest BCUT2D eigenvalue weighted by atomic mass is 35.5. The molecule has 0 aliphatic heterocycles. The van der Waals surface area contributed by atoms with Crippen molar-refractivity contribution in [2.45, 2.75) is 32.7 Å². The second-order valence-electron chi connectivity index (χ2n) is 5.99. The molecule has 0 bridgehead atoms. The molecule has 0 amide bonds. The molecule has 0 heterocycles. The van der Waals surface area contributed by atoms with E-state index in [1.54, 1.807) is 0 Å². The van der Waals surface area contributed by atoms with E-state index in [0.29, 0.717) is 6.04 Å². The predicted octanol–water partition coefficient (Wildman–Crippen LogP) is 5.14. The maximum Gasteiger partial charge on any atom is 0.0360 e. The smallest absolute Gasteiger partial charge is 0.0360 e. The lowest BCUT2D eigenvalue weighted by atomic mass is 9.99. The lowest BCUT2D eigenvalue weighted by Gasteiger charge is -2.22. The first kappa shape index (κ1) is 23.9. The molecule has 140 valence electrons. The number of hydrogen-bond donors (Lipinski definition) is 1. The summed E-state index contributed by atoms with van der Waals surface area (Å²) in [5, 5.41) is 3.76. The van der Waals surface area contributed by atoms with Crippen molar-refractivity contribution in [3.63, 3.8) is 0 Å². The molecule has 2 rings (SSSR count). The van der Waals surface area contributed by atoms with Crippen LogP contribution in [-0.4, -0.2) is 31.1 Å². The van der Waals surface area contributed by atoms with E-state index < -0.39 is 0 Å². The van der Waals surface area contributed by atoms with Crippen LogP contribution < -0.4 is 5.32 Å². The van der Waals surface area contributed by atoms with Gasteiger partial charge in [0.1, 0.15) is 0 Å². The zero-order valence-electron chi connectivity index (χ0n) is 15.4. The first-order chi connectivity index (χ1) is 11.3. The van der Waals surface area contributed by atoms with Crippen LogP contribution in [0.2, 0.25) is 0 Å². The Morgan fingerprint density at radius 2 is 1.40 bits per heavy atom. The number of nitrogens with one attached hydrogen (secondary N) is 1. The van der Waals surface area contributed by atoms with Crippen molar-refractivity contribution >= 4 is 24.8 Å². The lowest BCUT2D eigenvalue weighted by Crippen LogP contribution is -2.29. The Labute approximate surface area is 165 Å². The van der Waals surface area contributed by atoms with Gasteiger partial charge in [-0.2, -0.15) is 0 Å². The van der Waals surface area contributed by atoms with Gasteiger partial charge in [-0.05, 0) is 50.1 Å². The van der Waals surface area contributed by atoms with Gasteiger partial charge in [-0.25, -0.2) is 0 Å². The van der Waals surface area contributed by atoms with Crippen LogP contribution in [0.1, 0.15) is 37.4 Å². The summed E-state index contributed by atoms with van der Waals surface area (Å²) < 4.78 is 0. The van der Waals surface area contributed by atoms with Crippen LogP contribution in [0.3, 0.4) is 0 Å². The Kier molecular flexibility index (Phi) is 13.5. The first-order valence-corrected chi connectivity index (χ1v) is 8.88. The van der Waals surface area contributed by atoms with E-state index in [1.165, 1.54) is 24.1 Å². The Morgan fingerprint density at radius 1 is 0.840 bits per heavy atom. The predicted molar refractivity (Wildman–Crippen MR) is 114 cm³/mol. The zero-order valence-corrected chi connectivity index (χ0v) is 17.0. The molecule has 0 fully saturated rings. The minimum absolute atomic E-state index is 0. The van der Waals surface area contributed by atoms with Crippen LogP contribution in [0.25, 0.3) is 0 Å². The van der Waals surface area contributed by atoms with Gasteiger partial charge in [-0.3, -0.25) is 0 Å². The van der Waals surface area contributed by atoms with Gasteiger partial charge in [0.25, 0.3) is 0 Å². The minimum atomic E-state index is 0. The van der Waals surface area contributed by atoms with E-state index >= 15 is 0 Å². The molecule has 0 aliphatic rings. The molecule has 2 aromatic rings. The van der Waals surface area contributed by atoms with Crippen LogP contribution >= 0.6 is 24.8 Å². The molecule has 25 heavy (non-hydrogen) atoms. The molecule has 1 atom stereocenters.